The number of anilines is 2. The molecule has 1 fully saturated rings. The molecular weight excluding hydrogens is 320 g/mol. The van der Waals surface area contributed by atoms with Gasteiger partial charge in [-0.05, 0) is 36.6 Å². The molecule has 2 aromatic rings. The second-order valence-corrected chi connectivity index (χ2v) is 6.09. The Balaban J connectivity index is 1.63. The van der Waals surface area contributed by atoms with E-state index in [1.54, 1.807) is 25.1 Å². The van der Waals surface area contributed by atoms with Gasteiger partial charge in [-0.25, -0.2) is 9.69 Å². The van der Waals surface area contributed by atoms with Gasteiger partial charge in [-0.15, -0.1) is 0 Å². The lowest BCUT2D eigenvalue weighted by atomic mass is 10.1. The number of para-hydroxylation sites is 2. The molecule has 2 aliphatic rings. The molecule has 3 amide bonds. The Morgan fingerprint density at radius 1 is 1.04 bits per heavy atom. The van der Waals surface area contributed by atoms with E-state index in [0.29, 0.717) is 12.2 Å². The second-order valence-electron chi connectivity index (χ2n) is 6.09. The van der Waals surface area contributed by atoms with E-state index in [0.717, 1.165) is 28.1 Å². The maximum Gasteiger partial charge on any atom is 0.422 e. The van der Waals surface area contributed by atoms with E-state index in [-0.39, 0.29) is 0 Å². The fraction of sp³-hybridized carbons (Fsp3) is 0.211. The van der Waals surface area contributed by atoms with Crippen LogP contribution in [-0.4, -0.2) is 30.6 Å². The van der Waals surface area contributed by atoms with Crippen LogP contribution in [0.4, 0.5) is 16.2 Å². The molecule has 6 nitrogen and oxygen atoms in total. The van der Waals surface area contributed by atoms with E-state index in [2.05, 4.69) is 0 Å². The van der Waals surface area contributed by atoms with Gasteiger partial charge in [0.15, 0.2) is 0 Å². The molecule has 2 aliphatic heterocycles. The van der Waals surface area contributed by atoms with E-state index >= 15 is 0 Å². The van der Waals surface area contributed by atoms with Crippen molar-refractivity contribution in [3.05, 3.63) is 59.7 Å². The largest absolute Gasteiger partial charge is 0.425 e. The summed E-state index contributed by atoms with van der Waals surface area (Å²) in [5, 5.41) is 0. The first-order chi connectivity index (χ1) is 12.1. The lowest BCUT2D eigenvalue weighted by Gasteiger charge is -2.19. The van der Waals surface area contributed by atoms with Crippen molar-refractivity contribution in [2.24, 2.45) is 0 Å². The van der Waals surface area contributed by atoms with Gasteiger partial charge in [-0.2, -0.15) is 0 Å². The third-order valence-electron chi connectivity index (χ3n) is 4.58. The van der Waals surface area contributed by atoms with Crippen LogP contribution in [0, 0.1) is 6.92 Å². The highest BCUT2D eigenvalue weighted by molar-refractivity contribution is 6.27. The number of ether oxygens (including phenoxy) is 1. The first-order valence-electron chi connectivity index (χ1n) is 8.07. The highest BCUT2D eigenvalue weighted by Crippen LogP contribution is 2.31. The van der Waals surface area contributed by atoms with Crippen LogP contribution < -0.4 is 9.80 Å². The Morgan fingerprint density at radius 2 is 1.72 bits per heavy atom. The number of rotatable bonds is 2. The van der Waals surface area contributed by atoms with Crippen molar-refractivity contribution in [2.45, 2.75) is 19.4 Å². The van der Waals surface area contributed by atoms with E-state index in [4.69, 9.17) is 4.74 Å². The number of benzene rings is 2. The predicted molar refractivity (Wildman–Crippen MR) is 91.4 cm³/mol. The number of hydrogen-bond acceptors (Lipinski definition) is 4. The van der Waals surface area contributed by atoms with E-state index in [1.165, 1.54) is 4.90 Å². The minimum Gasteiger partial charge on any atom is -0.425 e. The van der Waals surface area contributed by atoms with Crippen LogP contribution in [0.15, 0.2) is 48.5 Å². The van der Waals surface area contributed by atoms with Crippen LogP contribution in [0.5, 0.6) is 0 Å². The van der Waals surface area contributed by atoms with E-state index in [9.17, 15) is 14.4 Å². The molecule has 0 spiro atoms. The third kappa shape index (κ3) is 2.38. The highest BCUT2D eigenvalue weighted by atomic mass is 16.6. The summed E-state index contributed by atoms with van der Waals surface area (Å²) >= 11 is 0. The molecule has 0 N–H and O–H groups in total. The molecule has 0 saturated carbocycles. The Morgan fingerprint density at radius 3 is 2.48 bits per heavy atom. The molecule has 1 unspecified atom stereocenters. The summed E-state index contributed by atoms with van der Waals surface area (Å²) in [5.74, 6) is -1.15. The summed E-state index contributed by atoms with van der Waals surface area (Å²) < 4.78 is 5.13. The minimum atomic E-state index is -1.43. The van der Waals surface area contributed by atoms with Gasteiger partial charge in [-0.3, -0.25) is 9.59 Å². The first kappa shape index (κ1) is 15.4. The number of carbonyl (C=O) groups is 3. The highest BCUT2D eigenvalue weighted by Gasteiger charge is 2.48. The molecule has 126 valence electrons. The maximum absolute atomic E-state index is 12.8. The summed E-state index contributed by atoms with van der Waals surface area (Å²) in [6.07, 6.45) is -1.53. The molecule has 2 heterocycles. The van der Waals surface area contributed by atoms with Crippen molar-refractivity contribution >= 4 is 29.3 Å². The average Bonchev–Trinajstić information content (AvgIpc) is 3.16. The first-order valence-corrected chi connectivity index (χ1v) is 8.07. The fourth-order valence-electron chi connectivity index (χ4n) is 3.31. The Labute approximate surface area is 144 Å². The van der Waals surface area contributed by atoms with Crippen LogP contribution in [0.2, 0.25) is 0 Å². The molecular formula is C19H16N2O4. The Hall–Kier alpha value is -3.15. The van der Waals surface area contributed by atoms with Crippen molar-refractivity contribution in [3.8, 4) is 0 Å². The summed E-state index contributed by atoms with van der Waals surface area (Å²) in [6, 6.07) is 14.5. The number of nitrogens with zero attached hydrogens (tertiary/aromatic N) is 2. The van der Waals surface area contributed by atoms with Crippen LogP contribution in [0.25, 0.3) is 0 Å². The molecule has 0 bridgehead atoms. The topological polar surface area (TPSA) is 66.9 Å². The summed E-state index contributed by atoms with van der Waals surface area (Å²) in [6.45, 7) is 2.27. The molecule has 1 atom stereocenters. The molecule has 0 radical (unpaired) electrons. The average molecular weight is 336 g/mol. The van der Waals surface area contributed by atoms with Crippen LogP contribution in [0.1, 0.15) is 11.1 Å². The van der Waals surface area contributed by atoms with Crippen LogP contribution in [-0.2, 0) is 20.7 Å². The zero-order valence-corrected chi connectivity index (χ0v) is 13.6. The molecule has 1 saturated heterocycles. The van der Waals surface area contributed by atoms with Gasteiger partial charge in [0, 0.05) is 12.2 Å². The summed E-state index contributed by atoms with van der Waals surface area (Å²) in [5.41, 5.74) is 3.01. The SMILES string of the molecule is Cc1ccccc1N1C(=O)OC(C(=O)N2CCc3ccccc32)C1=O. The van der Waals surface area contributed by atoms with Gasteiger partial charge in [0.25, 0.3) is 17.9 Å². The number of hydrogen-bond donors (Lipinski definition) is 0. The minimum absolute atomic E-state index is 0.439. The van der Waals surface area contributed by atoms with Crippen LogP contribution in [0.3, 0.4) is 0 Å². The van der Waals surface area contributed by atoms with Gasteiger partial charge in [0.2, 0.25) is 0 Å². The summed E-state index contributed by atoms with van der Waals surface area (Å²) in [4.78, 5) is 40.2. The monoisotopic (exact) mass is 336 g/mol. The number of fused-ring (bicyclic) bond motifs is 1. The van der Waals surface area contributed by atoms with E-state index < -0.39 is 24.0 Å². The predicted octanol–water partition coefficient (Wildman–Crippen LogP) is 2.44. The fourth-order valence-corrected chi connectivity index (χ4v) is 3.31. The third-order valence-corrected chi connectivity index (χ3v) is 4.58. The van der Waals surface area contributed by atoms with Gasteiger partial charge < -0.3 is 9.64 Å². The zero-order valence-electron chi connectivity index (χ0n) is 13.6. The zero-order chi connectivity index (χ0) is 17.6. The number of aryl methyl sites for hydroxylation is 1. The number of imide groups is 1. The van der Waals surface area contributed by atoms with Crippen molar-refractivity contribution in [1.29, 1.82) is 0 Å². The smallest absolute Gasteiger partial charge is 0.422 e. The maximum atomic E-state index is 12.8. The van der Waals surface area contributed by atoms with Crippen molar-refractivity contribution in [2.75, 3.05) is 16.3 Å². The van der Waals surface area contributed by atoms with E-state index in [1.807, 2.05) is 30.3 Å². The lowest BCUT2D eigenvalue weighted by Crippen LogP contribution is -2.43. The molecule has 0 aromatic heterocycles. The molecule has 2 aromatic carbocycles. The van der Waals surface area contributed by atoms with Crippen LogP contribution >= 0.6 is 0 Å². The normalized spacial score (nSPS) is 19.2. The van der Waals surface area contributed by atoms with Gasteiger partial charge >= 0.3 is 6.09 Å². The Bertz CT molecular complexity index is 892. The van der Waals surface area contributed by atoms with Crippen molar-refractivity contribution in [3.63, 3.8) is 0 Å². The molecule has 4 rings (SSSR count). The quantitative estimate of drug-likeness (QED) is 0.790. The van der Waals surface area contributed by atoms with Crippen molar-refractivity contribution in [1.82, 2.24) is 0 Å². The van der Waals surface area contributed by atoms with Gasteiger partial charge in [0.1, 0.15) is 0 Å². The lowest BCUT2D eigenvalue weighted by molar-refractivity contribution is -0.134. The molecule has 0 aliphatic carbocycles. The van der Waals surface area contributed by atoms with Gasteiger partial charge in [0.05, 0.1) is 5.69 Å². The second kappa shape index (κ2) is 5.73. The Kier molecular flexibility index (Phi) is 3.53. The van der Waals surface area contributed by atoms with Crippen molar-refractivity contribution < 1.29 is 19.1 Å². The standard InChI is InChI=1S/C19H16N2O4/c1-12-6-2-4-8-14(12)21-18(23)16(25-19(21)24)17(22)20-11-10-13-7-3-5-9-15(13)20/h2-9,16H,10-11H2,1H3. The molecule has 6 heteroatoms. The van der Waals surface area contributed by atoms with Gasteiger partial charge in [-0.1, -0.05) is 36.4 Å². The summed E-state index contributed by atoms with van der Waals surface area (Å²) in [7, 11) is 0. The number of carbonyl (C=O) groups excluding carboxylic acids is 3. The number of cyclic esters (lactones) is 1. The number of amides is 3. The molecule has 25 heavy (non-hydrogen) atoms.